The molecule has 2 N–H and O–H groups in total. The number of rotatable bonds is 1. The Labute approximate surface area is 59.5 Å². The zero-order chi connectivity index (χ0) is 7.40. The first-order valence-corrected chi connectivity index (χ1v) is 3.59. The van der Waals surface area contributed by atoms with Crippen molar-refractivity contribution in [1.82, 2.24) is 4.91 Å². The summed E-state index contributed by atoms with van der Waals surface area (Å²) in [5, 5.41) is 12.9. The first-order valence-electron chi connectivity index (χ1n) is 3.59. The Kier molecular flexibility index (Phi) is 2.54. The number of aliphatic hydroxyl groups is 1. The van der Waals surface area contributed by atoms with Gasteiger partial charge in [-0.3, -0.25) is 0 Å². The topological polar surface area (TPSA) is 70.5 Å². The van der Waals surface area contributed by atoms with E-state index in [1.54, 1.807) is 0 Å². The monoisotopic (exact) mass is 142 g/mol. The molecule has 0 heterocycles. The third-order valence-corrected chi connectivity index (χ3v) is 1.90. The van der Waals surface area contributed by atoms with Crippen molar-refractivity contribution in [3.8, 4) is 0 Å². The van der Waals surface area contributed by atoms with Gasteiger partial charge in [-0.25, -0.2) is 0 Å². The molecule has 10 heavy (non-hydrogen) atoms. The summed E-state index contributed by atoms with van der Waals surface area (Å²) >= 11 is 0. The molecule has 4 heteroatoms. The molecule has 0 aromatic carbocycles. The Morgan fingerprint density at radius 3 is 2.70 bits per heavy atom. The summed E-state index contributed by atoms with van der Waals surface area (Å²) in [6.07, 6.45) is 3.50. The second-order valence-electron chi connectivity index (χ2n) is 2.63. The summed E-state index contributed by atoms with van der Waals surface area (Å²) in [6, 6.07) is -0.105. The molecule has 56 valence electrons. The molecule has 0 aromatic heterocycles. The molecule has 0 aliphatic heterocycles. The lowest BCUT2D eigenvalue weighted by molar-refractivity contribution is 0.105. The number of nitrogens with zero attached hydrogens (tertiary/aromatic N) is 2. The predicted molar refractivity (Wildman–Crippen MR) is 35.5 cm³/mol. The third kappa shape index (κ3) is 1.62. The van der Waals surface area contributed by atoms with Crippen molar-refractivity contribution >= 4 is 0 Å². The van der Waals surface area contributed by atoms with Gasteiger partial charge in [0.05, 0.1) is 6.10 Å². The van der Waals surface area contributed by atoms with Crippen LogP contribution in [0.15, 0.2) is 5.11 Å². The minimum atomic E-state index is -0.358. The summed E-state index contributed by atoms with van der Waals surface area (Å²) in [7, 11) is 0. The molecule has 0 radical (unpaired) electrons. The van der Waals surface area contributed by atoms with E-state index in [4.69, 9.17) is 5.53 Å². The smallest absolute Gasteiger partial charge is 0.214 e. The Morgan fingerprint density at radius 1 is 1.40 bits per heavy atom. The van der Waals surface area contributed by atoms with Gasteiger partial charge in [-0.15, -0.1) is 0 Å². The van der Waals surface area contributed by atoms with Crippen molar-refractivity contribution in [2.45, 2.75) is 37.8 Å². The number of aliphatic hydroxyl groups excluding tert-OH is 1. The van der Waals surface area contributed by atoms with Crippen molar-refractivity contribution in [2.75, 3.05) is 0 Å². The molecule has 4 nitrogen and oxygen atoms in total. The minimum absolute atomic E-state index is 0.105. The first-order chi connectivity index (χ1) is 4.84. The van der Waals surface area contributed by atoms with Crippen LogP contribution in [0.25, 0.3) is 0 Å². The molecule has 1 aliphatic carbocycles. The van der Waals surface area contributed by atoms with Crippen molar-refractivity contribution in [3.05, 3.63) is 0 Å². The average molecular weight is 142 g/mol. The fourth-order valence-corrected chi connectivity index (χ4v) is 1.30. The van der Waals surface area contributed by atoms with E-state index in [0.717, 1.165) is 25.7 Å². The molecule has 1 fully saturated rings. The van der Waals surface area contributed by atoms with Gasteiger partial charge in [0.2, 0.25) is 4.91 Å². The lowest BCUT2D eigenvalue weighted by Gasteiger charge is -2.18. The Hall–Kier alpha value is -0.730. The van der Waals surface area contributed by atoms with Crippen LogP contribution in [-0.2, 0) is 0 Å². The molecule has 0 bridgehead atoms. The zero-order valence-electron chi connectivity index (χ0n) is 5.82. The van der Waals surface area contributed by atoms with Gasteiger partial charge < -0.3 is 5.11 Å². The fourth-order valence-electron chi connectivity index (χ4n) is 1.30. The maximum atomic E-state index is 9.26. The van der Waals surface area contributed by atoms with E-state index in [2.05, 4.69) is 10.0 Å². The molecule has 1 rings (SSSR count). The van der Waals surface area contributed by atoms with Gasteiger partial charge in [0.25, 0.3) is 0 Å². The van der Waals surface area contributed by atoms with Crippen LogP contribution in [0, 0.1) is 5.53 Å². The predicted octanol–water partition coefficient (Wildman–Crippen LogP) is 0.840. The largest absolute Gasteiger partial charge is 0.391 e. The molecule has 0 unspecified atom stereocenters. The Morgan fingerprint density at radius 2 is 2.10 bits per heavy atom. The van der Waals surface area contributed by atoms with E-state index in [9.17, 15) is 5.11 Å². The molecule has 0 saturated heterocycles. The number of nitrogens with one attached hydrogen (secondary N) is 1. The quantitative estimate of drug-likeness (QED) is 0.413. The van der Waals surface area contributed by atoms with E-state index >= 15 is 0 Å². The van der Waals surface area contributed by atoms with E-state index in [1.165, 1.54) is 0 Å². The van der Waals surface area contributed by atoms with Crippen LogP contribution in [0.1, 0.15) is 25.7 Å². The third-order valence-electron chi connectivity index (χ3n) is 1.90. The molecule has 0 aromatic rings. The highest BCUT2D eigenvalue weighted by molar-refractivity contribution is 4.78. The highest BCUT2D eigenvalue weighted by atomic mass is 16.3. The number of hydrogen-bond acceptors (Lipinski definition) is 3. The van der Waals surface area contributed by atoms with Gasteiger partial charge in [-0.2, -0.15) is 0 Å². The maximum absolute atomic E-state index is 9.26. The first kappa shape index (κ1) is 7.38. The van der Waals surface area contributed by atoms with Gasteiger partial charge in [0.1, 0.15) is 10.6 Å². The highest BCUT2D eigenvalue weighted by Gasteiger charge is 2.26. The molecule has 0 amide bonds. The van der Waals surface area contributed by atoms with Gasteiger partial charge in [-0.1, -0.05) is 12.8 Å². The highest BCUT2D eigenvalue weighted by Crippen LogP contribution is 2.20. The second kappa shape index (κ2) is 3.44. The minimum Gasteiger partial charge on any atom is -0.391 e. The second-order valence-corrected chi connectivity index (χ2v) is 2.63. The molecule has 1 saturated carbocycles. The van der Waals surface area contributed by atoms with Crippen LogP contribution in [0.4, 0.5) is 0 Å². The Bertz CT molecular complexity index is 153. The molecule has 2 atom stereocenters. The zero-order valence-corrected chi connectivity index (χ0v) is 5.82. The Balaban J connectivity index is 2.47. The lowest BCUT2D eigenvalue weighted by atomic mass is 9.93. The maximum Gasteiger partial charge on any atom is 0.214 e. The van der Waals surface area contributed by atoms with E-state index in [1.807, 2.05) is 0 Å². The van der Waals surface area contributed by atoms with Crippen molar-refractivity contribution in [1.29, 1.82) is 5.53 Å². The average Bonchev–Trinajstić information content (AvgIpc) is 1.94. The summed E-state index contributed by atoms with van der Waals surface area (Å²) < 4.78 is 0. The number of hydrogen-bond donors (Lipinski definition) is 2. The van der Waals surface area contributed by atoms with Crippen molar-refractivity contribution < 1.29 is 5.11 Å². The van der Waals surface area contributed by atoms with Crippen LogP contribution < -0.4 is 4.91 Å². The SMILES string of the molecule is N=[N+]=N[C@@H]1CCCC[C@H]1O. The van der Waals surface area contributed by atoms with Crippen LogP contribution in [-0.4, -0.2) is 17.3 Å². The van der Waals surface area contributed by atoms with Gasteiger partial charge in [0, 0.05) is 0 Å². The fraction of sp³-hybridized carbons (Fsp3) is 1.00. The van der Waals surface area contributed by atoms with E-state index in [0.29, 0.717) is 0 Å². The molecule has 0 spiro atoms. The summed E-state index contributed by atoms with van der Waals surface area (Å²) in [6.45, 7) is 0. The van der Waals surface area contributed by atoms with Crippen molar-refractivity contribution in [2.24, 2.45) is 5.11 Å². The summed E-state index contributed by atoms with van der Waals surface area (Å²) in [5.74, 6) is 0. The molecule has 1 aliphatic rings. The normalized spacial score (nSPS) is 32.9. The van der Waals surface area contributed by atoms with Crippen LogP contribution in [0.5, 0.6) is 0 Å². The van der Waals surface area contributed by atoms with E-state index < -0.39 is 0 Å². The standard InChI is InChI=1S/C6H12N3O/c7-9-8-5-3-1-2-4-6(5)10/h5-7,10H,1-4H2/q+1/t5-,6-/m1/s1. The molecular weight excluding hydrogens is 130 g/mol. The molecular formula is C6H12N3O+. The lowest BCUT2D eigenvalue weighted by Crippen LogP contribution is -2.27. The van der Waals surface area contributed by atoms with Gasteiger partial charge >= 0.3 is 0 Å². The summed E-state index contributed by atoms with van der Waals surface area (Å²) in [5.41, 5.74) is 6.48. The summed E-state index contributed by atoms with van der Waals surface area (Å²) in [4.78, 5) is 2.92. The van der Waals surface area contributed by atoms with Crippen LogP contribution in [0.2, 0.25) is 0 Å². The van der Waals surface area contributed by atoms with Crippen LogP contribution in [0.3, 0.4) is 0 Å². The van der Waals surface area contributed by atoms with Gasteiger partial charge in [-0.05, 0) is 12.8 Å². The van der Waals surface area contributed by atoms with Crippen LogP contribution >= 0.6 is 0 Å². The van der Waals surface area contributed by atoms with Crippen molar-refractivity contribution in [3.63, 3.8) is 0 Å². The van der Waals surface area contributed by atoms with Gasteiger partial charge in [0.15, 0.2) is 6.04 Å². The van der Waals surface area contributed by atoms with E-state index in [-0.39, 0.29) is 12.1 Å².